The predicted molar refractivity (Wildman–Crippen MR) is 109 cm³/mol. The van der Waals surface area contributed by atoms with Crippen molar-refractivity contribution >= 4 is 45.6 Å². The van der Waals surface area contributed by atoms with E-state index in [1.807, 2.05) is 5.38 Å². The number of hydrazone groups is 1. The molecule has 2 heterocycles. The van der Waals surface area contributed by atoms with E-state index in [2.05, 4.69) is 15.8 Å². The molecule has 0 saturated carbocycles. The Bertz CT molecular complexity index is 1200. The summed E-state index contributed by atoms with van der Waals surface area (Å²) < 4.78 is 37.4. The fourth-order valence-corrected chi connectivity index (χ4v) is 3.30. The van der Waals surface area contributed by atoms with Crippen LogP contribution in [0.25, 0.3) is 6.08 Å². The summed E-state index contributed by atoms with van der Waals surface area (Å²) in [7, 11) is -4.73. The zero-order chi connectivity index (χ0) is 21.6. The van der Waals surface area contributed by atoms with Crippen molar-refractivity contribution in [3.63, 3.8) is 0 Å². The van der Waals surface area contributed by atoms with Crippen molar-refractivity contribution in [1.29, 1.82) is 0 Å². The molecule has 3 aromatic rings. The Kier molecular flexibility index (Phi) is 6.57. The first-order valence-corrected chi connectivity index (χ1v) is 10.6. The van der Waals surface area contributed by atoms with Crippen LogP contribution in [0.2, 0.25) is 0 Å². The smallest absolute Gasteiger partial charge is 0.287 e. The second-order valence-electron chi connectivity index (χ2n) is 5.70. The molecule has 0 aliphatic rings. The number of nitrogens with one attached hydrogen (secondary N) is 2. The van der Waals surface area contributed by atoms with Crippen LogP contribution in [0, 0.1) is 0 Å². The summed E-state index contributed by atoms with van der Waals surface area (Å²) in [6.45, 7) is 0. The van der Waals surface area contributed by atoms with Crippen molar-refractivity contribution in [2.24, 2.45) is 5.10 Å². The third kappa shape index (κ3) is 5.73. The number of rotatable bonds is 7. The summed E-state index contributed by atoms with van der Waals surface area (Å²) in [4.78, 5) is 25.7. The van der Waals surface area contributed by atoms with Gasteiger partial charge in [-0.3, -0.25) is 9.59 Å². The first-order valence-electron chi connectivity index (χ1n) is 8.33. The minimum Gasteiger partial charge on any atom is -0.742 e. The van der Waals surface area contributed by atoms with E-state index < -0.39 is 27.0 Å². The Morgan fingerprint density at radius 3 is 2.47 bits per heavy atom. The van der Waals surface area contributed by atoms with Gasteiger partial charge in [0.2, 0.25) is 5.09 Å². The molecule has 9 nitrogen and oxygen atoms in total. The second kappa shape index (κ2) is 9.31. The molecule has 1 aromatic carbocycles. The lowest BCUT2D eigenvalue weighted by Gasteiger charge is -2.08. The largest absolute Gasteiger partial charge is 0.742 e. The lowest BCUT2D eigenvalue weighted by atomic mass is 10.2. The summed E-state index contributed by atoms with van der Waals surface area (Å²) in [5.41, 5.74) is 2.53. The standard InChI is InChI=1S/C19H15N3O6S2/c23-18(13-5-2-1-3-6-13)21-16(11-15-7-4-10-29-15)19(24)22-20-12-14-8-9-17(28-14)30(25,26)27/h1-12H,(H,21,23)(H,22,24)(H,25,26,27)/p-1. The van der Waals surface area contributed by atoms with Crippen molar-refractivity contribution in [2.45, 2.75) is 5.09 Å². The molecule has 0 bridgehead atoms. The highest BCUT2D eigenvalue weighted by molar-refractivity contribution is 7.85. The third-order valence-electron chi connectivity index (χ3n) is 3.56. The van der Waals surface area contributed by atoms with Gasteiger partial charge in [-0.05, 0) is 41.8 Å². The first-order chi connectivity index (χ1) is 14.3. The summed E-state index contributed by atoms with van der Waals surface area (Å²) in [6.07, 6.45) is 2.51. The highest BCUT2D eigenvalue weighted by Gasteiger charge is 2.14. The lowest BCUT2D eigenvalue weighted by molar-refractivity contribution is -0.117. The van der Waals surface area contributed by atoms with Crippen LogP contribution in [0.3, 0.4) is 0 Å². The van der Waals surface area contributed by atoms with Crippen molar-refractivity contribution < 1.29 is 27.0 Å². The maximum Gasteiger partial charge on any atom is 0.287 e. The molecule has 0 saturated heterocycles. The predicted octanol–water partition coefficient (Wildman–Crippen LogP) is 2.17. The number of carbonyl (C=O) groups excluding carboxylic acids is 2. The van der Waals surface area contributed by atoms with Gasteiger partial charge in [0.1, 0.15) is 11.5 Å². The quantitative estimate of drug-likeness (QED) is 0.248. The van der Waals surface area contributed by atoms with Gasteiger partial charge in [-0.1, -0.05) is 24.3 Å². The highest BCUT2D eigenvalue weighted by Crippen LogP contribution is 2.14. The number of nitrogens with zero attached hydrogens (tertiary/aromatic N) is 1. The van der Waals surface area contributed by atoms with Gasteiger partial charge in [0.15, 0.2) is 10.1 Å². The number of furan rings is 1. The van der Waals surface area contributed by atoms with Crippen molar-refractivity contribution in [2.75, 3.05) is 0 Å². The van der Waals surface area contributed by atoms with Gasteiger partial charge in [0, 0.05) is 10.4 Å². The number of benzene rings is 1. The Labute approximate surface area is 175 Å². The molecule has 0 radical (unpaired) electrons. The van der Waals surface area contributed by atoms with E-state index in [1.54, 1.807) is 42.5 Å². The second-order valence-corrected chi connectivity index (χ2v) is 7.99. The minimum atomic E-state index is -4.73. The Morgan fingerprint density at radius 2 is 1.83 bits per heavy atom. The molecule has 2 aromatic heterocycles. The van der Waals surface area contributed by atoms with Gasteiger partial charge >= 0.3 is 0 Å². The average Bonchev–Trinajstić information content (AvgIpc) is 3.40. The van der Waals surface area contributed by atoms with E-state index in [0.717, 1.165) is 17.2 Å². The van der Waals surface area contributed by atoms with Gasteiger partial charge in [-0.25, -0.2) is 13.8 Å². The molecular weight excluding hydrogens is 430 g/mol. The molecular formula is C19H14N3O6S2-. The molecule has 3 rings (SSSR count). The molecule has 30 heavy (non-hydrogen) atoms. The van der Waals surface area contributed by atoms with Crippen LogP contribution in [0.1, 0.15) is 21.0 Å². The van der Waals surface area contributed by atoms with E-state index in [0.29, 0.717) is 5.56 Å². The minimum absolute atomic E-state index is 0.0503. The van der Waals surface area contributed by atoms with E-state index in [4.69, 9.17) is 4.42 Å². The normalized spacial score (nSPS) is 12.1. The van der Waals surface area contributed by atoms with Crippen LogP contribution < -0.4 is 10.7 Å². The van der Waals surface area contributed by atoms with Gasteiger partial charge in [-0.15, -0.1) is 11.3 Å². The van der Waals surface area contributed by atoms with Crippen molar-refractivity contribution in [3.8, 4) is 0 Å². The van der Waals surface area contributed by atoms with Gasteiger partial charge in [0.05, 0.1) is 6.21 Å². The average molecular weight is 444 g/mol. The monoisotopic (exact) mass is 444 g/mol. The van der Waals surface area contributed by atoms with Gasteiger partial charge in [-0.2, -0.15) is 5.10 Å². The van der Waals surface area contributed by atoms with Crippen LogP contribution in [-0.4, -0.2) is 31.0 Å². The van der Waals surface area contributed by atoms with Gasteiger partial charge in [0.25, 0.3) is 11.8 Å². The lowest BCUT2D eigenvalue weighted by Crippen LogP contribution is -2.32. The molecule has 2 amide bonds. The van der Waals surface area contributed by atoms with Crippen LogP contribution in [0.5, 0.6) is 0 Å². The van der Waals surface area contributed by atoms with Crippen LogP contribution >= 0.6 is 11.3 Å². The van der Waals surface area contributed by atoms with Crippen LogP contribution in [0.15, 0.2) is 80.3 Å². The zero-order valence-electron chi connectivity index (χ0n) is 15.1. The number of carbonyl (C=O) groups is 2. The Morgan fingerprint density at radius 1 is 1.07 bits per heavy atom. The fraction of sp³-hybridized carbons (Fsp3) is 0. The van der Waals surface area contributed by atoms with E-state index in [9.17, 15) is 22.6 Å². The summed E-state index contributed by atoms with van der Waals surface area (Å²) in [5, 5.41) is 7.26. The van der Waals surface area contributed by atoms with Crippen molar-refractivity contribution in [1.82, 2.24) is 10.7 Å². The number of hydrogen-bond acceptors (Lipinski definition) is 8. The summed E-state index contributed by atoms with van der Waals surface area (Å²) >= 11 is 1.37. The Balaban J connectivity index is 1.74. The van der Waals surface area contributed by atoms with E-state index >= 15 is 0 Å². The SMILES string of the molecule is O=C(NN=Cc1ccc(S(=O)(=O)[O-])o1)C(=Cc1cccs1)NC(=O)c1ccccc1. The van der Waals surface area contributed by atoms with Crippen LogP contribution in [-0.2, 0) is 14.9 Å². The molecule has 0 unspecified atom stereocenters. The van der Waals surface area contributed by atoms with E-state index in [1.165, 1.54) is 23.5 Å². The topological polar surface area (TPSA) is 141 Å². The number of hydrogen-bond donors (Lipinski definition) is 2. The maximum atomic E-state index is 12.5. The molecule has 0 fully saturated rings. The highest BCUT2D eigenvalue weighted by atomic mass is 32.2. The van der Waals surface area contributed by atoms with Gasteiger partial charge < -0.3 is 14.3 Å². The molecule has 0 spiro atoms. The molecule has 11 heteroatoms. The Hall–Kier alpha value is -3.54. The zero-order valence-corrected chi connectivity index (χ0v) is 16.8. The van der Waals surface area contributed by atoms with Crippen molar-refractivity contribution in [3.05, 3.63) is 81.9 Å². The fourth-order valence-electron chi connectivity index (χ4n) is 2.21. The van der Waals surface area contributed by atoms with Crippen LogP contribution in [0.4, 0.5) is 0 Å². The molecule has 2 N–H and O–H groups in total. The molecule has 0 aliphatic heterocycles. The first kappa shape index (κ1) is 21.2. The number of amides is 2. The summed E-state index contributed by atoms with van der Waals surface area (Å²) in [6, 6.07) is 14.1. The molecule has 0 aliphatic carbocycles. The third-order valence-corrected chi connectivity index (χ3v) is 5.10. The molecule has 154 valence electrons. The van der Waals surface area contributed by atoms with E-state index in [-0.39, 0.29) is 11.5 Å². The molecule has 0 atom stereocenters. The number of thiophene rings is 1. The summed E-state index contributed by atoms with van der Waals surface area (Å²) in [5.74, 6) is -1.25. The maximum absolute atomic E-state index is 12.5.